The quantitative estimate of drug-likeness (QED) is 0.798. The molecule has 1 aromatic rings. The lowest BCUT2D eigenvalue weighted by atomic mass is 10.2. The summed E-state index contributed by atoms with van der Waals surface area (Å²) in [6.07, 6.45) is 1.54. The third-order valence-electron chi connectivity index (χ3n) is 2.04. The van der Waals surface area contributed by atoms with Crippen LogP contribution < -0.4 is 10.6 Å². The summed E-state index contributed by atoms with van der Waals surface area (Å²) < 4.78 is 0. The van der Waals surface area contributed by atoms with Gasteiger partial charge in [-0.1, -0.05) is 13.8 Å². The van der Waals surface area contributed by atoms with Crippen molar-refractivity contribution in [3.8, 4) is 6.07 Å². The van der Waals surface area contributed by atoms with E-state index in [4.69, 9.17) is 5.26 Å². The van der Waals surface area contributed by atoms with Gasteiger partial charge in [0.2, 0.25) is 5.91 Å². The van der Waals surface area contributed by atoms with E-state index in [9.17, 15) is 4.79 Å². The molecule has 1 heterocycles. The molecule has 17 heavy (non-hydrogen) atoms. The molecule has 90 valence electrons. The molecule has 0 radical (unpaired) electrons. The number of nitrogens with zero attached hydrogens (tertiary/aromatic N) is 2. The number of carbonyl (C=O) groups excluding carboxylic acids is 1. The van der Waals surface area contributed by atoms with Gasteiger partial charge in [-0.25, -0.2) is 4.98 Å². The molecule has 0 aliphatic carbocycles. The topological polar surface area (TPSA) is 77.8 Å². The van der Waals surface area contributed by atoms with Crippen LogP contribution in [0, 0.1) is 17.2 Å². The van der Waals surface area contributed by atoms with Crippen LogP contribution in [0.3, 0.4) is 0 Å². The highest BCUT2D eigenvalue weighted by atomic mass is 16.1. The minimum absolute atomic E-state index is 0.0527. The van der Waals surface area contributed by atoms with Crippen molar-refractivity contribution in [1.82, 2.24) is 10.3 Å². The Bertz CT molecular complexity index is 406. The van der Waals surface area contributed by atoms with Gasteiger partial charge in [-0.3, -0.25) is 4.79 Å². The Hall–Kier alpha value is -2.09. The third-order valence-corrected chi connectivity index (χ3v) is 2.04. The maximum atomic E-state index is 11.4. The highest BCUT2D eigenvalue weighted by molar-refractivity contribution is 5.80. The number of pyridine rings is 1. The molecule has 1 aromatic heterocycles. The van der Waals surface area contributed by atoms with Crippen LogP contribution in [0.1, 0.15) is 19.5 Å². The highest BCUT2D eigenvalue weighted by Gasteiger charge is 2.02. The average molecular weight is 232 g/mol. The summed E-state index contributed by atoms with van der Waals surface area (Å²) in [6, 6.07) is 5.26. The van der Waals surface area contributed by atoms with E-state index in [1.165, 1.54) is 6.20 Å². The maximum Gasteiger partial charge on any atom is 0.239 e. The first-order valence-corrected chi connectivity index (χ1v) is 5.48. The average Bonchev–Trinajstić information content (AvgIpc) is 2.34. The summed E-state index contributed by atoms with van der Waals surface area (Å²) in [7, 11) is 0. The van der Waals surface area contributed by atoms with Crippen LogP contribution in [0.2, 0.25) is 0 Å². The summed E-state index contributed by atoms with van der Waals surface area (Å²) in [5.41, 5.74) is 1.09. The molecule has 5 nitrogen and oxygen atoms in total. The van der Waals surface area contributed by atoms with Gasteiger partial charge in [-0.2, -0.15) is 5.26 Å². The molecule has 1 amide bonds. The number of rotatable bonds is 5. The van der Waals surface area contributed by atoms with E-state index in [0.717, 1.165) is 5.69 Å². The molecule has 0 aliphatic heterocycles. The molecule has 0 fully saturated rings. The van der Waals surface area contributed by atoms with Crippen LogP contribution in [-0.4, -0.2) is 24.0 Å². The van der Waals surface area contributed by atoms with Crippen LogP contribution in [-0.2, 0) is 4.79 Å². The monoisotopic (exact) mass is 232 g/mol. The fraction of sp³-hybridized carbons (Fsp3) is 0.417. The normalized spacial score (nSPS) is 9.76. The van der Waals surface area contributed by atoms with Crippen molar-refractivity contribution < 1.29 is 4.79 Å². The molecule has 5 heteroatoms. The molecule has 0 aromatic carbocycles. The van der Waals surface area contributed by atoms with E-state index in [1.807, 2.05) is 19.9 Å². The first kappa shape index (κ1) is 13.0. The maximum absolute atomic E-state index is 11.4. The lowest BCUT2D eigenvalue weighted by Gasteiger charge is -2.09. The Balaban J connectivity index is 2.35. The van der Waals surface area contributed by atoms with Crippen molar-refractivity contribution in [2.45, 2.75) is 13.8 Å². The summed E-state index contributed by atoms with van der Waals surface area (Å²) >= 11 is 0. The molecule has 0 saturated heterocycles. The molecule has 0 unspecified atom stereocenters. The Labute approximate surface area is 101 Å². The second kappa shape index (κ2) is 6.48. The first-order chi connectivity index (χ1) is 8.11. The van der Waals surface area contributed by atoms with Crippen LogP contribution in [0.25, 0.3) is 0 Å². The van der Waals surface area contributed by atoms with Crippen LogP contribution in [0.4, 0.5) is 5.69 Å². The summed E-state index contributed by atoms with van der Waals surface area (Å²) in [5, 5.41) is 14.3. The number of aromatic nitrogens is 1. The van der Waals surface area contributed by atoms with Gasteiger partial charge in [0.1, 0.15) is 11.8 Å². The van der Waals surface area contributed by atoms with Crippen molar-refractivity contribution in [3.05, 3.63) is 24.0 Å². The molecule has 0 aliphatic rings. The van der Waals surface area contributed by atoms with Gasteiger partial charge < -0.3 is 10.6 Å². The zero-order valence-corrected chi connectivity index (χ0v) is 10.0. The molecular weight excluding hydrogens is 216 g/mol. The molecular formula is C12H16N4O. The van der Waals surface area contributed by atoms with Gasteiger partial charge in [0.05, 0.1) is 18.4 Å². The SMILES string of the molecule is CC(C)CNC(=O)CNc1ccc(C#N)nc1. The third kappa shape index (κ3) is 4.98. The number of hydrogen-bond donors (Lipinski definition) is 2. The minimum atomic E-state index is -0.0527. The van der Waals surface area contributed by atoms with E-state index in [2.05, 4.69) is 15.6 Å². The van der Waals surface area contributed by atoms with Gasteiger partial charge in [-0.05, 0) is 18.1 Å². The lowest BCUT2D eigenvalue weighted by molar-refractivity contribution is -0.119. The number of nitriles is 1. The second-order valence-corrected chi connectivity index (χ2v) is 4.10. The Morgan fingerprint density at radius 2 is 2.29 bits per heavy atom. The van der Waals surface area contributed by atoms with Crippen molar-refractivity contribution in [2.24, 2.45) is 5.92 Å². The van der Waals surface area contributed by atoms with Crippen molar-refractivity contribution >= 4 is 11.6 Å². The zero-order chi connectivity index (χ0) is 12.7. The minimum Gasteiger partial charge on any atom is -0.375 e. The van der Waals surface area contributed by atoms with Crippen LogP contribution in [0.15, 0.2) is 18.3 Å². The van der Waals surface area contributed by atoms with Gasteiger partial charge >= 0.3 is 0 Å². The standard InChI is InChI=1S/C12H16N4O/c1-9(2)6-16-12(17)8-15-11-4-3-10(5-13)14-7-11/h3-4,7,9,15H,6,8H2,1-2H3,(H,16,17). The lowest BCUT2D eigenvalue weighted by Crippen LogP contribution is -2.32. The molecule has 0 atom stereocenters. The number of nitrogens with one attached hydrogen (secondary N) is 2. The van der Waals surface area contributed by atoms with Gasteiger partial charge in [0, 0.05) is 6.54 Å². The molecule has 2 N–H and O–H groups in total. The Morgan fingerprint density at radius 1 is 1.53 bits per heavy atom. The summed E-state index contributed by atoms with van der Waals surface area (Å²) in [6.45, 7) is 4.96. The van der Waals surface area contributed by atoms with Crippen LogP contribution in [0.5, 0.6) is 0 Å². The van der Waals surface area contributed by atoms with E-state index < -0.39 is 0 Å². The number of anilines is 1. The van der Waals surface area contributed by atoms with Crippen molar-refractivity contribution in [3.63, 3.8) is 0 Å². The predicted molar refractivity (Wildman–Crippen MR) is 65.3 cm³/mol. The molecule has 0 spiro atoms. The summed E-state index contributed by atoms with van der Waals surface area (Å²) in [4.78, 5) is 15.3. The van der Waals surface area contributed by atoms with Crippen molar-refractivity contribution in [2.75, 3.05) is 18.4 Å². The highest BCUT2D eigenvalue weighted by Crippen LogP contribution is 2.04. The number of hydrogen-bond acceptors (Lipinski definition) is 4. The predicted octanol–water partition coefficient (Wildman–Crippen LogP) is 1.14. The van der Waals surface area contributed by atoms with E-state index >= 15 is 0 Å². The smallest absolute Gasteiger partial charge is 0.239 e. The number of carbonyl (C=O) groups is 1. The Kier molecular flexibility index (Phi) is 4.95. The summed E-state index contributed by atoms with van der Waals surface area (Å²) in [5.74, 6) is 0.388. The van der Waals surface area contributed by atoms with Crippen LogP contribution >= 0.6 is 0 Å². The fourth-order valence-electron chi connectivity index (χ4n) is 1.13. The zero-order valence-electron chi connectivity index (χ0n) is 10.0. The Morgan fingerprint density at radius 3 is 2.82 bits per heavy atom. The van der Waals surface area contributed by atoms with Gasteiger partial charge in [0.25, 0.3) is 0 Å². The van der Waals surface area contributed by atoms with Gasteiger partial charge in [-0.15, -0.1) is 0 Å². The second-order valence-electron chi connectivity index (χ2n) is 4.10. The van der Waals surface area contributed by atoms with E-state index in [0.29, 0.717) is 18.2 Å². The molecule has 1 rings (SSSR count). The fourth-order valence-corrected chi connectivity index (χ4v) is 1.13. The van der Waals surface area contributed by atoms with E-state index in [1.54, 1.807) is 12.1 Å². The largest absolute Gasteiger partial charge is 0.375 e. The van der Waals surface area contributed by atoms with E-state index in [-0.39, 0.29) is 12.5 Å². The van der Waals surface area contributed by atoms with Crippen molar-refractivity contribution in [1.29, 1.82) is 5.26 Å². The number of amides is 1. The van der Waals surface area contributed by atoms with Gasteiger partial charge in [0.15, 0.2) is 0 Å². The first-order valence-electron chi connectivity index (χ1n) is 5.48. The molecule has 0 bridgehead atoms. The molecule has 0 saturated carbocycles.